The lowest BCUT2D eigenvalue weighted by Crippen LogP contribution is -2.22. The number of ether oxygens (including phenoxy) is 1. The number of rotatable bonds is 4. The molecule has 0 saturated carbocycles. The first-order chi connectivity index (χ1) is 13.5. The normalized spacial score (nSPS) is 17.3. The molecular weight excluding hydrogens is 365 g/mol. The summed E-state index contributed by atoms with van der Waals surface area (Å²) in [6.45, 7) is 3.55. The fourth-order valence-corrected chi connectivity index (χ4v) is 3.48. The van der Waals surface area contributed by atoms with Crippen LogP contribution in [0, 0.1) is 0 Å². The Kier molecular flexibility index (Phi) is 4.89. The Morgan fingerprint density at radius 2 is 1.64 bits per heavy atom. The second kappa shape index (κ2) is 7.36. The molecule has 0 bridgehead atoms. The van der Waals surface area contributed by atoms with Gasteiger partial charge in [-0.05, 0) is 54.4 Å². The van der Waals surface area contributed by atoms with Crippen LogP contribution in [0.25, 0.3) is 5.69 Å². The van der Waals surface area contributed by atoms with Crippen molar-refractivity contribution in [2.75, 3.05) is 18.1 Å². The van der Waals surface area contributed by atoms with E-state index >= 15 is 0 Å². The minimum atomic E-state index is -4.33. The number of benzene rings is 2. The molecule has 0 aliphatic carbocycles. The molecule has 1 saturated heterocycles. The number of anilines is 1. The summed E-state index contributed by atoms with van der Waals surface area (Å²) in [5.41, 5.74) is 3.38. The lowest BCUT2D eigenvalue weighted by atomic mass is 10.1. The molecule has 1 atom stereocenters. The molecule has 1 fully saturated rings. The Morgan fingerprint density at radius 1 is 0.964 bits per heavy atom. The van der Waals surface area contributed by atoms with Gasteiger partial charge >= 0.3 is 6.18 Å². The summed E-state index contributed by atoms with van der Waals surface area (Å²) in [7, 11) is 0. The van der Waals surface area contributed by atoms with Crippen molar-refractivity contribution in [1.82, 2.24) is 4.57 Å². The summed E-state index contributed by atoms with van der Waals surface area (Å²) in [5, 5.41) is 0. The zero-order valence-electron chi connectivity index (χ0n) is 15.5. The minimum absolute atomic E-state index is 0.205. The third-order valence-electron chi connectivity index (χ3n) is 5.06. The van der Waals surface area contributed by atoms with Crippen LogP contribution < -0.4 is 4.90 Å². The molecule has 2 aromatic carbocycles. The van der Waals surface area contributed by atoms with E-state index in [1.54, 1.807) is 0 Å². The van der Waals surface area contributed by atoms with Crippen LogP contribution in [-0.2, 0) is 17.3 Å². The fourth-order valence-electron chi connectivity index (χ4n) is 3.48. The maximum absolute atomic E-state index is 12.8. The van der Waals surface area contributed by atoms with Crippen LogP contribution in [0.2, 0.25) is 0 Å². The van der Waals surface area contributed by atoms with Crippen molar-refractivity contribution in [3.8, 4) is 5.69 Å². The van der Waals surface area contributed by atoms with Crippen LogP contribution in [-0.4, -0.2) is 17.7 Å². The first-order valence-electron chi connectivity index (χ1n) is 9.28. The predicted octanol–water partition coefficient (Wildman–Crippen LogP) is 5.59. The van der Waals surface area contributed by atoms with Gasteiger partial charge in [-0.2, -0.15) is 13.2 Å². The molecule has 3 nitrogen and oxygen atoms in total. The smallest absolute Gasteiger partial charge is 0.352 e. The quantitative estimate of drug-likeness (QED) is 0.581. The summed E-state index contributed by atoms with van der Waals surface area (Å²) in [6.07, 6.45) is 0.217. The van der Waals surface area contributed by atoms with E-state index in [1.165, 1.54) is 17.7 Å². The maximum Gasteiger partial charge on any atom is 0.416 e. The highest BCUT2D eigenvalue weighted by molar-refractivity contribution is 5.50. The van der Waals surface area contributed by atoms with Crippen LogP contribution in [0.4, 0.5) is 18.9 Å². The SMILES string of the molecule is CCc1ccc(N2CCO[C@H]2c2ccn(-c3ccc(C(F)(F)F)cc3)c2)cc1. The summed E-state index contributed by atoms with van der Waals surface area (Å²) < 4.78 is 46.0. The molecule has 0 unspecified atom stereocenters. The molecule has 2 heterocycles. The molecule has 0 amide bonds. The summed E-state index contributed by atoms with van der Waals surface area (Å²) in [6, 6.07) is 15.6. The Hall–Kier alpha value is -2.73. The number of alkyl halides is 3. The van der Waals surface area contributed by atoms with Gasteiger partial charge in [-0.3, -0.25) is 0 Å². The topological polar surface area (TPSA) is 17.4 Å². The number of hydrogen-bond acceptors (Lipinski definition) is 2. The van der Waals surface area contributed by atoms with Gasteiger partial charge in [-0.25, -0.2) is 0 Å². The number of aromatic nitrogens is 1. The summed E-state index contributed by atoms with van der Waals surface area (Å²) in [5.74, 6) is 0. The molecule has 1 aromatic heterocycles. The third kappa shape index (κ3) is 3.64. The summed E-state index contributed by atoms with van der Waals surface area (Å²) in [4.78, 5) is 2.20. The molecule has 0 radical (unpaired) electrons. The second-order valence-electron chi connectivity index (χ2n) is 6.83. The molecule has 3 aromatic rings. The molecule has 6 heteroatoms. The van der Waals surface area contributed by atoms with Crippen molar-refractivity contribution in [2.24, 2.45) is 0 Å². The monoisotopic (exact) mass is 386 g/mol. The van der Waals surface area contributed by atoms with E-state index < -0.39 is 11.7 Å². The van der Waals surface area contributed by atoms with Gasteiger partial charge < -0.3 is 14.2 Å². The average Bonchev–Trinajstić information content (AvgIpc) is 3.37. The Bertz CT molecular complexity index is 930. The molecule has 0 spiro atoms. The lowest BCUT2D eigenvalue weighted by Gasteiger charge is -2.24. The Morgan fingerprint density at radius 3 is 2.29 bits per heavy atom. The number of aryl methyl sites for hydroxylation is 1. The predicted molar refractivity (Wildman–Crippen MR) is 103 cm³/mol. The summed E-state index contributed by atoms with van der Waals surface area (Å²) >= 11 is 0. The fraction of sp³-hybridized carbons (Fsp3) is 0.273. The molecular formula is C22H21F3N2O. The molecule has 146 valence electrons. The van der Waals surface area contributed by atoms with E-state index in [2.05, 4.69) is 36.1 Å². The molecule has 4 rings (SSSR count). The van der Waals surface area contributed by atoms with Gasteiger partial charge in [0.2, 0.25) is 0 Å². The number of hydrogen-bond donors (Lipinski definition) is 0. The van der Waals surface area contributed by atoms with Gasteiger partial charge in [0.05, 0.1) is 12.2 Å². The highest BCUT2D eigenvalue weighted by Gasteiger charge is 2.30. The van der Waals surface area contributed by atoms with E-state index in [0.717, 1.165) is 36.3 Å². The largest absolute Gasteiger partial charge is 0.416 e. The zero-order chi connectivity index (χ0) is 19.7. The lowest BCUT2D eigenvalue weighted by molar-refractivity contribution is -0.137. The van der Waals surface area contributed by atoms with Crippen LogP contribution in [0.5, 0.6) is 0 Å². The first kappa shape index (κ1) is 18.6. The van der Waals surface area contributed by atoms with Crippen LogP contribution in [0.15, 0.2) is 67.0 Å². The van der Waals surface area contributed by atoms with Crippen molar-refractivity contribution in [1.29, 1.82) is 0 Å². The molecule has 0 N–H and O–H groups in total. The van der Waals surface area contributed by atoms with E-state index in [0.29, 0.717) is 12.3 Å². The Balaban J connectivity index is 1.56. The molecule has 1 aliphatic heterocycles. The van der Waals surface area contributed by atoms with Crippen LogP contribution in [0.3, 0.4) is 0 Å². The number of nitrogens with zero attached hydrogens (tertiary/aromatic N) is 2. The van der Waals surface area contributed by atoms with Gasteiger partial charge in [-0.1, -0.05) is 19.1 Å². The first-order valence-corrected chi connectivity index (χ1v) is 9.28. The third-order valence-corrected chi connectivity index (χ3v) is 5.06. The minimum Gasteiger partial charge on any atom is -0.352 e. The number of halogens is 3. The van der Waals surface area contributed by atoms with Gasteiger partial charge in [0.1, 0.15) is 0 Å². The highest BCUT2D eigenvalue weighted by Crippen LogP contribution is 2.33. The van der Waals surface area contributed by atoms with Crippen LogP contribution >= 0.6 is 0 Å². The van der Waals surface area contributed by atoms with Crippen LogP contribution in [0.1, 0.15) is 29.8 Å². The van der Waals surface area contributed by atoms with Crippen molar-refractivity contribution in [2.45, 2.75) is 25.7 Å². The van der Waals surface area contributed by atoms with Crippen molar-refractivity contribution in [3.63, 3.8) is 0 Å². The highest BCUT2D eigenvalue weighted by atomic mass is 19.4. The average molecular weight is 386 g/mol. The van der Waals surface area contributed by atoms with E-state index in [-0.39, 0.29) is 6.23 Å². The van der Waals surface area contributed by atoms with E-state index in [9.17, 15) is 13.2 Å². The van der Waals surface area contributed by atoms with Gasteiger partial charge in [0.25, 0.3) is 0 Å². The molecule has 28 heavy (non-hydrogen) atoms. The van der Waals surface area contributed by atoms with Crippen molar-refractivity contribution >= 4 is 5.69 Å². The second-order valence-corrected chi connectivity index (χ2v) is 6.83. The molecule has 1 aliphatic rings. The van der Waals surface area contributed by atoms with E-state index in [4.69, 9.17) is 4.74 Å². The van der Waals surface area contributed by atoms with Gasteiger partial charge in [-0.15, -0.1) is 0 Å². The Labute approximate surface area is 162 Å². The zero-order valence-corrected chi connectivity index (χ0v) is 15.5. The standard InChI is InChI=1S/C22H21F3N2O/c1-2-16-3-7-20(8-4-16)27-13-14-28-21(27)17-11-12-26(15-17)19-9-5-18(6-10-19)22(23,24)25/h3-12,15,21H,2,13-14H2,1H3/t21-/m0/s1. The van der Waals surface area contributed by atoms with Crippen molar-refractivity contribution in [3.05, 3.63) is 83.7 Å². The van der Waals surface area contributed by atoms with Gasteiger partial charge in [0.15, 0.2) is 6.23 Å². The van der Waals surface area contributed by atoms with Gasteiger partial charge in [0, 0.05) is 35.9 Å². The van der Waals surface area contributed by atoms with E-state index in [1.807, 2.05) is 23.0 Å². The maximum atomic E-state index is 12.8. The van der Waals surface area contributed by atoms with Crippen molar-refractivity contribution < 1.29 is 17.9 Å².